The van der Waals surface area contributed by atoms with Crippen molar-refractivity contribution in [3.8, 4) is 5.75 Å². The third kappa shape index (κ3) is 5.79. The summed E-state index contributed by atoms with van der Waals surface area (Å²) >= 11 is 4.79. The molecule has 0 radical (unpaired) electrons. The molecule has 7 heteroatoms. The molecule has 1 aliphatic rings. The Labute approximate surface area is 211 Å². The van der Waals surface area contributed by atoms with E-state index in [9.17, 15) is 9.90 Å². The molecule has 0 saturated heterocycles. The second kappa shape index (κ2) is 11.2. The predicted molar refractivity (Wildman–Crippen MR) is 140 cm³/mol. The van der Waals surface area contributed by atoms with E-state index in [1.807, 2.05) is 78.9 Å². The maximum atomic E-state index is 12.6. The van der Waals surface area contributed by atoms with Crippen molar-refractivity contribution in [2.24, 2.45) is 4.99 Å². The van der Waals surface area contributed by atoms with Gasteiger partial charge in [0.1, 0.15) is 28.7 Å². The molecule has 0 bridgehead atoms. The molecule has 0 unspecified atom stereocenters. The summed E-state index contributed by atoms with van der Waals surface area (Å²) in [4.78, 5) is 17.6. The Hall–Kier alpha value is -3.29. The van der Waals surface area contributed by atoms with E-state index in [2.05, 4.69) is 20.9 Å². The Morgan fingerprint density at radius 3 is 2.44 bits per heavy atom. The van der Waals surface area contributed by atoms with Gasteiger partial charge >= 0.3 is 5.97 Å². The Balaban J connectivity index is 1.59. The van der Waals surface area contributed by atoms with Crippen LogP contribution in [-0.4, -0.2) is 22.7 Å². The van der Waals surface area contributed by atoms with E-state index in [-0.39, 0.29) is 17.9 Å². The summed E-state index contributed by atoms with van der Waals surface area (Å²) in [6.07, 6.45) is 1.80. The van der Waals surface area contributed by atoms with Crippen molar-refractivity contribution in [2.45, 2.75) is 13.5 Å². The fourth-order valence-electron chi connectivity index (χ4n) is 3.22. The molecule has 0 aliphatic carbocycles. The first-order valence-corrected chi connectivity index (χ1v) is 12.3. The molecule has 1 aliphatic heterocycles. The molecule has 0 aromatic heterocycles. The second-order valence-electron chi connectivity index (χ2n) is 7.27. The normalized spacial score (nSPS) is 15.7. The average Bonchev–Trinajstić information content (AvgIpc) is 3.14. The highest BCUT2D eigenvalue weighted by atomic mass is 79.9. The van der Waals surface area contributed by atoms with Crippen molar-refractivity contribution in [3.05, 3.63) is 111 Å². The summed E-state index contributed by atoms with van der Waals surface area (Å²) in [7, 11) is 0. The maximum Gasteiger partial charge on any atom is 0.344 e. The Morgan fingerprint density at radius 2 is 1.76 bits per heavy atom. The van der Waals surface area contributed by atoms with E-state index in [0.717, 1.165) is 15.6 Å². The summed E-state index contributed by atoms with van der Waals surface area (Å²) in [6, 6.07) is 24.9. The Kier molecular flexibility index (Phi) is 7.87. The number of para-hydroxylation sites is 1. The van der Waals surface area contributed by atoms with E-state index >= 15 is 0 Å². The number of thioether (sulfide) groups is 1. The molecule has 0 amide bonds. The Bertz CT molecular complexity index is 1270. The zero-order valence-electron chi connectivity index (χ0n) is 18.4. The third-order valence-electron chi connectivity index (χ3n) is 4.85. The van der Waals surface area contributed by atoms with Crippen LogP contribution in [-0.2, 0) is 16.1 Å². The zero-order chi connectivity index (χ0) is 23.9. The van der Waals surface area contributed by atoms with Gasteiger partial charge in [0.2, 0.25) is 0 Å². The van der Waals surface area contributed by atoms with Crippen LogP contribution in [0, 0.1) is 0 Å². The highest BCUT2D eigenvalue weighted by molar-refractivity contribution is 9.10. The number of hydrogen-bond acceptors (Lipinski definition) is 6. The molecule has 0 spiro atoms. The van der Waals surface area contributed by atoms with Crippen molar-refractivity contribution < 1.29 is 19.4 Å². The van der Waals surface area contributed by atoms with Gasteiger partial charge in [0.05, 0.1) is 21.7 Å². The Morgan fingerprint density at radius 1 is 1.06 bits per heavy atom. The zero-order valence-corrected chi connectivity index (χ0v) is 20.8. The lowest BCUT2D eigenvalue weighted by molar-refractivity contribution is -0.138. The molecule has 0 atom stereocenters. The van der Waals surface area contributed by atoms with Crippen LogP contribution in [0.25, 0.3) is 6.08 Å². The van der Waals surface area contributed by atoms with E-state index < -0.39 is 5.97 Å². The number of rotatable bonds is 7. The van der Waals surface area contributed by atoms with Crippen LogP contribution >= 0.6 is 27.7 Å². The van der Waals surface area contributed by atoms with Crippen LogP contribution in [0.4, 0.5) is 5.69 Å². The fourth-order valence-corrected chi connectivity index (χ4v) is 4.77. The van der Waals surface area contributed by atoms with Crippen LogP contribution in [0.3, 0.4) is 0 Å². The number of halogens is 1. The SMILES string of the molecule is CCOC(=O)C1=C(O)/C(=C/c2ccc(OCc3ccccc3)c(Br)c2)SC1=Nc1ccccc1. The number of carbonyl (C=O) groups is 1. The van der Waals surface area contributed by atoms with E-state index in [1.54, 1.807) is 13.0 Å². The summed E-state index contributed by atoms with van der Waals surface area (Å²) in [5.74, 6) is -0.0292. The number of ether oxygens (including phenoxy) is 2. The highest BCUT2D eigenvalue weighted by Crippen LogP contribution is 2.40. The van der Waals surface area contributed by atoms with Crippen LogP contribution in [0.2, 0.25) is 0 Å². The number of aliphatic hydroxyl groups excluding tert-OH is 1. The number of benzene rings is 3. The van der Waals surface area contributed by atoms with Gasteiger partial charge in [-0.3, -0.25) is 0 Å². The third-order valence-corrected chi connectivity index (χ3v) is 6.49. The van der Waals surface area contributed by atoms with Crippen LogP contribution in [0.5, 0.6) is 5.75 Å². The van der Waals surface area contributed by atoms with E-state index in [4.69, 9.17) is 9.47 Å². The molecule has 5 nitrogen and oxygen atoms in total. The summed E-state index contributed by atoms with van der Waals surface area (Å²) < 4.78 is 11.9. The minimum atomic E-state index is -0.601. The van der Waals surface area contributed by atoms with Gasteiger partial charge in [-0.05, 0) is 64.3 Å². The molecule has 3 aromatic rings. The maximum absolute atomic E-state index is 12.6. The summed E-state index contributed by atoms with van der Waals surface area (Å²) in [5.41, 5.74) is 2.67. The largest absolute Gasteiger partial charge is 0.506 e. The number of carbonyl (C=O) groups excluding carboxylic acids is 1. The van der Waals surface area contributed by atoms with Crippen LogP contribution in [0.1, 0.15) is 18.1 Å². The van der Waals surface area contributed by atoms with Gasteiger partial charge in [-0.15, -0.1) is 0 Å². The predicted octanol–water partition coefficient (Wildman–Crippen LogP) is 7.22. The first-order valence-electron chi connectivity index (χ1n) is 10.7. The fraction of sp³-hybridized carbons (Fsp3) is 0.111. The first-order chi connectivity index (χ1) is 16.5. The molecule has 172 valence electrons. The number of aliphatic hydroxyl groups is 1. The van der Waals surface area contributed by atoms with Gasteiger partial charge in [0, 0.05) is 0 Å². The number of nitrogens with zero attached hydrogens (tertiary/aromatic N) is 1. The minimum Gasteiger partial charge on any atom is -0.506 e. The van der Waals surface area contributed by atoms with Gasteiger partial charge in [-0.2, -0.15) is 0 Å². The topological polar surface area (TPSA) is 68.1 Å². The molecule has 0 saturated carbocycles. The lowest BCUT2D eigenvalue weighted by atomic mass is 10.1. The van der Waals surface area contributed by atoms with Crippen LogP contribution in [0.15, 0.2) is 105 Å². The van der Waals surface area contributed by atoms with Gasteiger partial charge in [0.15, 0.2) is 0 Å². The average molecular weight is 536 g/mol. The molecule has 4 rings (SSSR count). The van der Waals surface area contributed by atoms with Gasteiger partial charge in [0.25, 0.3) is 0 Å². The molecular formula is C27H22BrNO4S. The first kappa shape index (κ1) is 23.9. The van der Waals surface area contributed by atoms with Crippen molar-refractivity contribution in [2.75, 3.05) is 6.61 Å². The quantitative estimate of drug-likeness (QED) is 0.323. The summed E-state index contributed by atoms with van der Waals surface area (Å²) in [6.45, 7) is 2.39. The van der Waals surface area contributed by atoms with E-state index in [0.29, 0.717) is 28.0 Å². The number of aliphatic imine (C=N–C) groups is 1. The van der Waals surface area contributed by atoms with E-state index in [1.165, 1.54) is 11.8 Å². The second-order valence-corrected chi connectivity index (χ2v) is 9.16. The van der Waals surface area contributed by atoms with Crippen molar-refractivity contribution in [3.63, 3.8) is 0 Å². The number of esters is 1. The van der Waals surface area contributed by atoms with Crippen molar-refractivity contribution in [1.82, 2.24) is 0 Å². The molecular weight excluding hydrogens is 514 g/mol. The molecule has 1 heterocycles. The lowest BCUT2D eigenvalue weighted by Gasteiger charge is -2.09. The summed E-state index contributed by atoms with van der Waals surface area (Å²) in [5, 5.41) is 11.3. The monoisotopic (exact) mass is 535 g/mol. The highest BCUT2D eigenvalue weighted by Gasteiger charge is 2.33. The number of hydrogen-bond donors (Lipinski definition) is 1. The molecule has 34 heavy (non-hydrogen) atoms. The smallest absolute Gasteiger partial charge is 0.344 e. The van der Waals surface area contributed by atoms with Crippen molar-refractivity contribution >= 4 is 50.5 Å². The van der Waals surface area contributed by atoms with Crippen molar-refractivity contribution in [1.29, 1.82) is 0 Å². The lowest BCUT2D eigenvalue weighted by Crippen LogP contribution is -2.12. The van der Waals surface area contributed by atoms with Gasteiger partial charge in [-0.25, -0.2) is 9.79 Å². The molecule has 3 aromatic carbocycles. The standard InChI is InChI=1S/C27H22BrNO4S/c1-2-32-27(31)24-25(30)23(34-26(24)29-20-11-7-4-8-12-20)16-19-13-14-22(21(28)15-19)33-17-18-9-5-3-6-10-18/h3-16,30H,2,17H2,1H3/b23-16-,29-26?. The van der Waals surface area contributed by atoms with Gasteiger partial charge < -0.3 is 14.6 Å². The van der Waals surface area contributed by atoms with Crippen LogP contribution < -0.4 is 4.74 Å². The molecule has 1 N–H and O–H groups in total. The minimum absolute atomic E-state index is 0.0730. The van der Waals surface area contributed by atoms with Gasteiger partial charge in [-0.1, -0.05) is 66.4 Å². The molecule has 0 fully saturated rings.